The second-order valence-corrected chi connectivity index (χ2v) is 7.40. The van der Waals surface area contributed by atoms with E-state index >= 15 is 0 Å². The lowest BCUT2D eigenvalue weighted by Gasteiger charge is -2.41. The first-order valence-electron chi connectivity index (χ1n) is 7.73. The third-order valence-electron chi connectivity index (χ3n) is 4.37. The maximum absolute atomic E-state index is 13.5. The van der Waals surface area contributed by atoms with Crippen LogP contribution < -0.4 is 5.32 Å². The maximum atomic E-state index is 13.5. The fraction of sp³-hybridized carbons (Fsp3) is 0.647. The number of likely N-dealkylation sites (tertiary alicyclic amines) is 1. The average Bonchev–Trinajstić information content (AvgIpc) is 2.41. The molecule has 1 aliphatic rings. The minimum absolute atomic E-state index is 0.142. The SMILES string of the molecule is CC(NC1CCN(C(C)(C)C)CC1)c1ccc(Cl)c(F)c1. The Morgan fingerprint density at radius 1 is 1.29 bits per heavy atom. The number of hydrogen-bond acceptors (Lipinski definition) is 2. The normalized spacial score (nSPS) is 19.7. The van der Waals surface area contributed by atoms with Crippen molar-refractivity contribution in [2.75, 3.05) is 13.1 Å². The van der Waals surface area contributed by atoms with E-state index in [1.54, 1.807) is 6.07 Å². The van der Waals surface area contributed by atoms with E-state index in [-0.39, 0.29) is 22.4 Å². The maximum Gasteiger partial charge on any atom is 0.142 e. The smallest absolute Gasteiger partial charge is 0.142 e. The summed E-state index contributed by atoms with van der Waals surface area (Å²) in [6.45, 7) is 11.1. The lowest BCUT2D eigenvalue weighted by Crippen LogP contribution is -2.50. The minimum atomic E-state index is -0.342. The monoisotopic (exact) mass is 312 g/mol. The van der Waals surface area contributed by atoms with E-state index in [1.165, 1.54) is 6.07 Å². The van der Waals surface area contributed by atoms with E-state index < -0.39 is 0 Å². The summed E-state index contributed by atoms with van der Waals surface area (Å²) in [5, 5.41) is 3.80. The van der Waals surface area contributed by atoms with Crippen molar-refractivity contribution in [1.82, 2.24) is 10.2 Å². The molecule has 1 fully saturated rings. The minimum Gasteiger partial charge on any atom is -0.307 e. The predicted octanol–water partition coefficient (Wildman–Crippen LogP) is 4.39. The lowest BCUT2D eigenvalue weighted by atomic mass is 9.97. The van der Waals surface area contributed by atoms with Gasteiger partial charge >= 0.3 is 0 Å². The summed E-state index contributed by atoms with van der Waals surface area (Å²) in [5.74, 6) is -0.342. The molecule has 0 aliphatic carbocycles. The summed E-state index contributed by atoms with van der Waals surface area (Å²) in [4.78, 5) is 2.53. The van der Waals surface area contributed by atoms with E-state index in [0.717, 1.165) is 31.5 Å². The molecule has 0 spiro atoms. The zero-order chi connectivity index (χ0) is 15.6. The van der Waals surface area contributed by atoms with Crippen molar-refractivity contribution < 1.29 is 4.39 Å². The highest BCUT2D eigenvalue weighted by molar-refractivity contribution is 6.30. The number of nitrogens with zero attached hydrogens (tertiary/aromatic N) is 1. The molecular formula is C17H26ClFN2. The van der Waals surface area contributed by atoms with Crippen LogP contribution in [0, 0.1) is 5.82 Å². The topological polar surface area (TPSA) is 15.3 Å². The summed E-state index contributed by atoms with van der Waals surface area (Å²) in [6, 6.07) is 5.70. The highest BCUT2D eigenvalue weighted by Gasteiger charge is 2.27. The molecule has 1 N–H and O–H groups in total. The van der Waals surface area contributed by atoms with Crippen molar-refractivity contribution >= 4 is 11.6 Å². The van der Waals surface area contributed by atoms with Crippen LogP contribution in [0.5, 0.6) is 0 Å². The molecule has 1 unspecified atom stereocenters. The second-order valence-electron chi connectivity index (χ2n) is 6.99. The fourth-order valence-electron chi connectivity index (χ4n) is 2.95. The highest BCUT2D eigenvalue weighted by Crippen LogP contribution is 2.24. The molecule has 118 valence electrons. The van der Waals surface area contributed by atoms with Gasteiger partial charge in [-0.1, -0.05) is 17.7 Å². The Hall–Kier alpha value is -0.640. The number of piperidine rings is 1. The Kier molecular flexibility index (Phi) is 5.29. The van der Waals surface area contributed by atoms with Crippen molar-refractivity contribution in [2.45, 2.75) is 58.2 Å². The summed E-state index contributed by atoms with van der Waals surface area (Å²) in [5.41, 5.74) is 1.20. The predicted molar refractivity (Wildman–Crippen MR) is 87.3 cm³/mol. The fourth-order valence-corrected chi connectivity index (χ4v) is 3.07. The molecule has 1 heterocycles. The van der Waals surface area contributed by atoms with Crippen molar-refractivity contribution in [2.24, 2.45) is 0 Å². The van der Waals surface area contributed by atoms with E-state index in [9.17, 15) is 4.39 Å². The molecule has 2 rings (SSSR count). The number of hydrogen-bond donors (Lipinski definition) is 1. The Balaban J connectivity index is 1.89. The Labute approximate surface area is 132 Å². The van der Waals surface area contributed by atoms with Crippen molar-refractivity contribution in [3.8, 4) is 0 Å². The Morgan fingerprint density at radius 3 is 2.43 bits per heavy atom. The molecule has 2 nitrogen and oxygen atoms in total. The highest BCUT2D eigenvalue weighted by atomic mass is 35.5. The molecule has 1 aliphatic heterocycles. The average molecular weight is 313 g/mol. The van der Waals surface area contributed by atoms with Crippen LogP contribution in [0.25, 0.3) is 0 Å². The van der Waals surface area contributed by atoms with E-state index in [4.69, 9.17) is 11.6 Å². The summed E-state index contributed by atoms with van der Waals surface area (Å²) < 4.78 is 13.5. The largest absolute Gasteiger partial charge is 0.307 e. The molecular weight excluding hydrogens is 287 g/mol. The van der Waals surface area contributed by atoms with Gasteiger partial charge in [0, 0.05) is 30.7 Å². The van der Waals surface area contributed by atoms with Gasteiger partial charge in [0.25, 0.3) is 0 Å². The standard InChI is InChI=1S/C17H26ClFN2/c1-12(13-5-6-15(18)16(19)11-13)20-14-7-9-21(10-8-14)17(2,3)4/h5-6,11-12,14,20H,7-10H2,1-4H3. The zero-order valence-electron chi connectivity index (χ0n) is 13.4. The lowest BCUT2D eigenvalue weighted by molar-refractivity contribution is 0.0942. The van der Waals surface area contributed by atoms with Crippen LogP contribution in [0.3, 0.4) is 0 Å². The molecule has 0 radical (unpaired) electrons. The third-order valence-corrected chi connectivity index (χ3v) is 4.68. The van der Waals surface area contributed by atoms with Crippen molar-refractivity contribution in [1.29, 1.82) is 0 Å². The Bertz CT molecular complexity index is 476. The van der Waals surface area contributed by atoms with Crippen molar-refractivity contribution in [3.05, 3.63) is 34.6 Å². The summed E-state index contributed by atoms with van der Waals surface area (Å²) >= 11 is 5.74. The van der Waals surface area contributed by atoms with Gasteiger partial charge in [0.1, 0.15) is 5.82 Å². The number of halogens is 2. The van der Waals surface area contributed by atoms with Crippen LogP contribution in [0.2, 0.25) is 5.02 Å². The molecule has 0 amide bonds. The summed E-state index contributed by atoms with van der Waals surface area (Å²) in [6.07, 6.45) is 2.27. The molecule has 1 aromatic carbocycles. The van der Waals surface area contributed by atoms with Crippen LogP contribution in [0.15, 0.2) is 18.2 Å². The molecule has 0 bridgehead atoms. The number of benzene rings is 1. The van der Waals surface area contributed by atoms with Gasteiger partial charge in [-0.15, -0.1) is 0 Å². The first kappa shape index (κ1) is 16.7. The van der Waals surface area contributed by atoms with Gasteiger partial charge in [0.15, 0.2) is 0 Å². The molecule has 1 saturated heterocycles. The first-order valence-corrected chi connectivity index (χ1v) is 8.11. The van der Waals surface area contributed by atoms with Gasteiger partial charge in [0.2, 0.25) is 0 Å². The van der Waals surface area contributed by atoms with Gasteiger partial charge in [0.05, 0.1) is 5.02 Å². The Morgan fingerprint density at radius 2 is 1.90 bits per heavy atom. The number of rotatable bonds is 3. The van der Waals surface area contributed by atoms with E-state index in [1.807, 2.05) is 6.07 Å². The first-order chi connectivity index (χ1) is 9.77. The molecule has 4 heteroatoms. The third kappa shape index (κ3) is 4.41. The van der Waals surface area contributed by atoms with E-state index in [0.29, 0.717) is 6.04 Å². The molecule has 0 aromatic heterocycles. The van der Waals surface area contributed by atoms with E-state index in [2.05, 4.69) is 37.9 Å². The zero-order valence-corrected chi connectivity index (χ0v) is 14.2. The van der Waals surface area contributed by atoms with Gasteiger partial charge < -0.3 is 5.32 Å². The van der Waals surface area contributed by atoms with Crippen LogP contribution in [0.4, 0.5) is 4.39 Å². The molecule has 1 aromatic rings. The van der Waals surface area contributed by atoms with Gasteiger partial charge in [-0.2, -0.15) is 0 Å². The van der Waals surface area contributed by atoms with Crippen LogP contribution in [0.1, 0.15) is 52.1 Å². The van der Waals surface area contributed by atoms with Gasteiger partial charge in [-0.3, -0.25) is 4.90 Å². The second kappa shape index (κ2) is 6.64. The quantitative estimate of drug-likeness (QED) is 0.890. The molecule has 1 atom stereocenters. The molecule has 21 heavy (non-hydrogen) atoms. The van der Waals surface area contributed by atoms with Crippen LogP contribution >= 0.6 is 11.6 Å². The van der Waals surface area contributed by atoms with Gasteiger partial charge in [-0.05, 0) is 58.2 Å². The van der Waals surface area contributed by atoms with Crippen LogP contribution in [-0.2, 0) is 0 Å². The molecule has 0 saturated carbocycles. The number of nitrogens with one attached hydrogen (secondary N) is 1. The van der Waals surface area contributed by atoms with Gasteiger partial charge in [-0.25, -0.2) is 4.39 Å². The van der Waals surface area contributed by atoms with Crippen LogP contribution in [-0.4, -0.2) is 29.6 Å². The summed E-state index contributed by atoms with van der Waals surface area (Å²) in [7, 11) is 0. The van der Waals surface area contributed by atoms with Crippen molar-refractivity contribution in [3.63, 3.8) is 0 Å².